The summed E-state index contributed by atoms with van der Waals surface area (Å²) in [5.74, 6) is 2.22. The van der Waals surface area contributed by atoms with Gasteiger partial charge in [-0.25, -0.2) is 0 Å². The number of nitrogens with zero attached hydrogens (tertiary/aromatic N) is 1. The molecule has 2 saturated heterocycles. The van der Waals surface area contributed by atoms with E-state index in [9.17, 15) is 14.4 Å². The maximum Gasteiger partial charge on any atom is 0.242 e. The van der Waals surface area contributed by atoms with Gasteiger partial charge in [-0.3, -0.25) is 19.4 Å². The zero-order chi connectivity index (χ0) is 27.4. The average Bonchev–Trinajstić information content (AvgIpc) is 3.60. The van der Waals surface area contributed by atoms with Gasteiger partial charge in [0.2, 0.25) is 17.7 Å². The molecular formula is C25H46N6O3S4. The van der Waals surface area contributed by atoms with Crippen LogP contribution in [0.3, 0.4) is 0 Å². The first-order valence-corrected chi connectivity index (χ1v) is 18.7. The molecule has 13 heteroatoms. The largest absolute Gasteiger partial charge is 0.370 e. The third kappa shape index (κ3) is 16.2. The molecular weight excluding hydrogens is 561 g/mol. The van der Waals surface area contributed by atoms with Crippen LogP contribution in [0.2, 0.25) is 0 Å². The van der Waals surface area contributed by atoms with Crippen LogP contribution in [0.25, 0.3) is 0 Å². The molecule has 0 bridgehead atoms. The highest BCUT2D eigenvalue weighted by Crippen LogP contribution is 2.40. The third-order valence-corrected chi connectivity index (χ3v) is 12.4. The normalized spacial score (nSPS) is 19.6. The fraction of sp³-hybridized carbons (Fsp3) is 0.840. The van der Waals surface area contributed by atoms with Crippen LogP contribution in [-0.4, -0.2) is 71.4 Å². The highest BCUT2D eigenvalue weighted by Gasteiger charge is 2.21. The van der Waals surface area contributed by atoms with Gasteiger partial charge in [0.15, 0.2) is 5.96 Å². The maximum atomic E-state index is 12.7. The summed E-state index contributed by atoms with van der Waals surface area (Å²) < 4.78 is 0. The van der Waals surface area contributed by atoms with Gasteiger partial charge in [0.25, 0.3) is 0 Å². The molecule has 0 aromatic rings. The first-order valence-electron chi connectivity index (χ1n) is 13.9. The van der Waals surface area contributed by atoms with Gasteiger partial charge >= 0.3 is 0 Å². The lowest BCUT2D eigenvalue weighted by Gasteiger charge is -2.18. The molecule has 0 aliphatic carbocycles. The number of hydrogen-bond donors (Lipinski definition) is 5. The highest BCUT2D eigenvalue weighted by molar-refractivity contribution is 8.77. The minimum atomic E-state index is -0.606. The topological polar surface area (TPSA) is 152 Å². The second-order valence-electron chi connectivity index (χ2n) is 9.71. The number of hydrogen-bond acceptors (Lipinski definition) is 8. The number of carbonyl (C=O) groups is 3. The van der Waals surface area contributed by atoms with Gasteiger partial charge in [0.1, 0.15) is 6.04 Å². The molecule has 0 aromatic carbocycles. The SMILES string of the molecule is NC(N)=NCCNC(=O)C(CCCCNC(=O)CCCCC1CCSS1)NC(=O)CCCCC1CCSS1. The van der Waals surface area contributed by atoms with E-state index < -0.39 is 6.04 Å². The van der Waals surface area contributed by atoms with E-state index in [-0.39, 0.29) is 30.2 Å². The van der Waals surface area contributed by atoms with Crippen LogP contribution in [0.5, 0.6) is 0 Å². The van der Waals surface area contributed by atoms with Crippen molar-refractivity contribution in [2.24, 2.45) is 16.5 Å². The van der Waals surface area contributed by atoms with Gasteiger partial charge in [-0.2, -0.15) is 0 Å². The van der Waals surface area contributed by atoms with Gasteiger partial charge in [-0.05, 0) is 57.8 Å². The van der Waals surface area contributed by atoms with Crippen molar-refractivity contribution in [2.75, 3.05) is 31.1 Å². The van der Waals surface area contributed by atoms with Gasteiger partial charge in [-0.1, -0.05) is 56.0 Å². The Bertz CT molecular complexity index is 730. The van der Waals surface area contributed by atoms with E-state index in [1.54, 1.807) is 0 Å². The van der Waals surface area contributed by atoms with Gasteiger partial charge < -0.3 is 27.4 Å². The lowest BCUT2D eigenvalue weighted by atomic mass is 10.1. The average molecular weight is 607 g/mol. The van der Waals surface area contributed by atoms with Gasteiger partial charge in [-0.15, -0.1) is 0 Å². The van der Waals surface area contributed by atoms with Crippen molar-refractivity contribution in [3.8, 4) is 0 Å². The lowest BCUT2D eigenvalue weighted by Crippen LogP contribution is -2.47. The van der Waals surface area contributed by atoms with Crippen LogP contribution in [0.1, 0.15) is 83.5 Å². The summed E-state index contributed by atoms with van der Waals surface area (Å²) in [4.78, 5) is 41.3. The van der Waals surface area contributed by atoms with Gasteiger partial charge in [0.05, 0.1) is 6.54 Å². The Morgan fingerprint density at radius 1 is 0.789 bits per heavy atom. The fourth-order valence-corrected chi connectivity index (χ4v) is 10.3. The van der Waals surface area contributed by atoms with Crippen molar-refractivity contribution in [3.05, 3.63) is 0 Å². The summed E-state index contributed by atoms with van der Waals surface area (Å²) in [6, 6.07) is -0.606. The van der Waals surface area contributed by atoms with Crippen molar-refractivity contribution in [1.29, 1.82) is 0 Å². The van der Waals surface area contributed by atoms with Crippen LogP contribution in [0, 0.1) is 0 Å². The number of carbonyl (C=O) groups excluding carboxylic acids is 3. The van der Waals surface area contributed by atoms with Crippen molar-refractivity contribution in [2.45, 2.75) is 100 Å². The predicted octanol–water partition coefficient (Wildman–Crippen LogP) is 3.58. The Morgan fingerprint density at radius 3 is 2.00 bits per heavy atom. The fourth-order valence-electron chi connectivity index (χ4n) is 4.26. The molecule has 218 valence electrons. The zero-order valence-corrected chi connectivity index (χ0v) is 25.7. The minimum Gasteiger partial charge on any atom is -0.370 e. The summed E-state index contributed by atoms with van der Waals surface area (Å²) in [5.41, 5.74) is 10.7. The lowest BCUT2D eigenvalue weighted by molar-refractivity contribution is -0.129. The molecule has 2 fully saturated rings. The third-order valence-electron chi connectivity index (χ3n) is 6.41. The quantitative estimate of drug-likeness (QED) is 0.0606. The molecule has 0 saturated carbocycles. The van der Waals surface area contributed by atoms with Crippen LogP contribution in [0.15, 0.2) is 4.99 Å². The number of unbranched alkanes of at least 4 members (excludes halogenated alkanes) is 3. The number of guanidine groups is 1. The maximum absolute atomic E-state index is 12.7. The first-order chi connectivity index (χ1) is 18.4. The zero-order valence-electron chi connectivity index (χ0n) is 22.4. The molecule has 7 N–H and O–H groups in total. The highest BCUT2D eigenvalue weighted by atomic mass is 33.1. The van der Waals surface area contributed by atoms with E-state index in [1.807, 2.05) is 43.2 Å². The molecule has 3 amide bonds. The molecule has 2 aliphatic rings. The summed E-state index contributed by atoms with van der Waals surface area (Å²) in [6.45, 7) is 1.17. The molecule has 3 atom stereocenters. The summed E-state index contributed by atoms with van der Waals surface area (Å²) >= 11 is 0. The molecule has 2 heterocycles. The molecule has 0 radical (unpaired) electrons. The van der Waals surface area contributed by atoms with Crippen molar-refractivity contribution in [1.82, 2.24) is 16.0 Å². The number of rotatable bonds is 20. The molecule has 2 rings (SSSR count). The molecule has 38 heavy (non-hydrogen) atoms. The standard InChI is InChI=1S/C25H46N6O3S4/c26-25(27)30-16-15-29-24(34)21(31-23(33)11-4-2-8-20-13-18-36-38-20)9-5-6-14-28-22(32)10-3-1-7-19-12-17-35-37-19/h19-21H,1-18H2,(H,28,32)(H,29,34)(H,31,33)(H4,26,27,30). The summed E-state index contributed by atoms with van der Waals surface area (Å²) in [5, 5.41) is 10.2. The number of nitrogens with one attached hydrogen (secondary N) is 3. The summed E-state index contributed by atoms with van der Waals surface area (Å²) in [7, 11) is 7.84. The predicted molar refractivity (Wildman–Crippen MR) is 166 cm³/mol. The Morgan fingerprint density at radius 2 is 1.42 bits per heavy atom. The van der Waals surface area contributed by atoms with E-state index in [2.05, 4.69) is 20.9 Å². The Labute approximate surface area is 243 Å². The van der Waals surface area contributed by atoms with E-state index in [0.717, 1.165) is 50.2 Å². The Kier molecular flexibility index (Phi) is 18.3. The van der Waals surface area contributed by atoms with Crippen LogP contribution in [0.4, 0.5) is 0 Å². The van der Waals surface area contributed by atoms with Crippen molar-refractivity contribution < 1.29 is 14.4 Å². The van der Waals surface area contributed by atoms with E-state index in [0.29, 0.717) is 37.6 Å². The molecule has 9 nitrogen and oxygen atoms in total. The van der Waals surface area contributed by atoms with Crippen LogP contribution < -0.4 is 27.4 Å². The van der Waals surface area contributed by atoms with E-state index in [4.69, 9.17) is 11.5 Å². The van der Waals surface area contributed by atoms with Crippen molar-refractivity contribution in [3.63, 3.8) is 0 Å². The van der Waals surface area contributed by atoms with Crippen LogP contribution in [-0.2, 0) is 14.4 Å². The second kappa shape index (κ2) is 20.9. The smallest absolute Gasteiger partial charge is 0.242 e. The van der Waals surface area contributed by atoms with Crippen LogP contribution >= 0.6 is 43.2 Å². The Hall–Kier alpha value is -0.920. The number of amides is 3. The van der Waals surface area contributed by atoms with Crippen molar-refractivity contribution >= 4 is 66.9 Å². The minimum absolute atomic E-state index is 0.0207. The summed E-state index contributed by atoms with van der Waals surface area (Å²) in [6.07, 6.45) is 11.8. The van der Waals surface area contributed by atoms with E-state index >= 15 is 0 Å². The molecule has 2 aliphatic heterocycles. The molecule has 3 unspecified atom stereocenters. The Balaban J connectivity index is 1.62. The van der Waals surface area contributed by atoms with Gasteiger partial charge in [0, 0.05) is 47.9 Å². The first kappa shape index (κ1) is 33.3. The van der Waals surface area contributed by atoms with E-state index in [1.165, 1.54) is 30.8 Å². The molecule has 0 spiro atoms. The number of nitrogens with two attached hydrogens (primary N) is 2. The monoisotopic (exact) mass is 606 g/mol. The molecule has 0 aromatic heterocycles. The second-order valence-corrected chi connectivity index (χ2v) is 15.3. The number of aliphatic imine (C=N–C) groups is 1.